The van der Waals surface area contributed by atoms with Crippen molar-refractivity contribution >= 4 is 11.9 Å². The molecule has 0 aromatic carbocycles. The number of nitrogens with zero attached hydrogens (tertiary/aromatic N) is 2. The highest BCUT2D eigenvalue weighted by molar-refractivity contribution is 5.69. The second kappa shape index (κ2) is 6.99. The Morgan fingerprint density at radius 2 is 1.43 bits per heavy atom. The molecule has 6 heteroatoms. The van der Waals surface area contributed by atoms with Crippen LogP contribution in [0.4, 0.5) is 0 Å². The van der Waals surface area contributed by atoms with Crippen molar-refractivity contribution in [2.45, 2.75) is 39.5 Å². The van der Waals surface area contributed by atoms with E-state index in [-0.39, 0.29) is 17.9 Å². The molecule has 14 heavy (non-hydrogen) atoms. The van der Waals surface area contributed by atoms with Crippen molar-refractivity contribution in [2.24, 2.45) is 0 Å². The highest BCUT2D eigenvalue weighted by Gasteiger charge is 2.13. The SMILES string of the molecule is CCCC(=O)O[N+](=[N-])OC(=O)CCC. The first kappa shape index (κ1) is 12.5. The minimum atomic E-state index is -0.653. The van der Waals surface area contributed by atoms with E-state index in [1.807, 2.05) is 0 Å². The molecule has 0 saturated carbocycles. The zero-order chi connectivity index (χ0) is 11.0. The highest BCUT2D eigenvalue weighted by Crippen LogP contribution is 1.96. The van der Waals surface area contributed by atoms with Crippen molar-refractivity contribution in [1.29, 1.82) is 0 Å². The number of hydrogen-bond donors (Lipinski definition) is 0. The van der Waals surface area contributed by atoms with Gasteiger partial charge in [0.1, 0.15) is 5.02 Å². The molecule has 0 aromatic rings. The molecule has 0 rings (SSSR count). The van der Waals surface area contributed by atoms with Gasteiger partial charge in [-0.25, -0.2) is 9.59 Å². The van der Waals surface area contributed by atoms with Gasteiger partial charge in [-0.05, 0) is 12.8 Å². The number of carbonyl (C=O) groups is 2. The summed E-state index contributed by atoms with van der Waals surface area (Å²) in [5, 5.41) is -0.198. The quantitative estimate of drug-likeness (QED) is 0.483. The maximum atomic E-state index is 10.8. The molecule has 0 atom stereocenters. The molecule has 0 N–H and O–H groups in total. The van der Waals surface area contributed by atoms with Crippen molar-refractivity contribution in [2.75, 3.05) is 0 Å². The van der Waals surface area contributed by atoms with Crippen molar-refractivity contribution < 1.29 is 24.3 Å². The number of carbonyl (C=O) groups excluding carboxylic acids is 2. The fourth-order valence-corrected chi connectivity index (χ4v) is 0.692. The summed E-state index contributed by atoms with van der Waals surface area (Å²) in [5.74, 6) is -1.31. The van der Waals surface area contributed by atoms with E-state index >= 15 is 0 Å². The van der Waals surface area contributed by atoms with Crippen molar-refractivity contribution in [3.8, 4) is 0 Å². The van der Waals surface area contributed by atoms with Gasteiger partial charge < -0.3 is 5.53 Å². The highest BCUT2D eigenvalue weighted by atomic mass is 17.0. The summed E-state index contributed by atoms with van der Waals surface area (Å²) in [7, 11) is 0. The minimum Gasteiger partial charge on any atom is -0.390 e. The first-order valence-electron chi connectivity index (χ1n) is 4.50. The maximum Gasteiger partial charge on any atom is 0.385 e. The van der Waals surface area contributed by atoms with Crippen LogP contribution in [0.25, 0.3) is 5.53 Å². The van der Waals surface area contributed by atoms with Crippen LogP contribution in [-0.2, 0) is 19.3 Å². The summed E-state index contributed by atoms with van der Waals surface area (Å²) >= 11 is 0. The van der Waals surface area contributed by atoms with Crippen molar-refractivity contribution in [3.63, 3.8) is 0 Å². The van der Waals surface area contributed by atoms with E-state index in [0.29, 0.717) is 12.8 Å². The molecule has 0 aliphatic carbocycles. The molecule has 6 nitrogen and oxygen atoms in total. The average Bonchev–Trinajstić information content (AvgIpc) is 2.03. The minimum absolute atomic E-state index is 0.155. The molecular formula is C8H14N2O4. The Balaban J connectivity index is 3.75. The summed E-state index contributed by atoms with van der Waals surface area (Å²) in [6, 6.07) is 0. The Hall–Kier alpha value is -1.46. The molecule has 0 unspecified atom stereocenters. The largest absolute Gasteiger partial charge is 0.390 e. The lowest BCUT2D eigenvalue weighted by Crippen LogP contribution is -2.19. The predicted octanol–water partition coefficient (Wildman–Crippen LogP) is 1.54. The second-order valence-corrected chi connectivity index (χ2v) is 2.66. The normalized spacial score (nSPS) is 9.29. The van der Waals surface area contributed by atoms with Gasteiger partial charge in [0.2, 0.25) is 0 Å². The van der Waals surface area contributed by atoms with E-state index in [2.05, 4.69) is 9.68 Å². The van der Waals surface area contributed by atoms with E-state index in [1.54, 1.807) is 13.8 Å². The molecule has 0 saturated heterocycles. The van der Waals surface area contributed by atoms with Gasteiger partial charge in [0, 0.05) is 0 Å². The van der Waals surface area contributed by atoms with E-state index < -0.39 is 11.9 Å². The molecule has 0 heterocycles. The van der Waals surface area contributed by atoms with Crippen LogP contribution in [0.5, 0.6) is 0 Å². The Morgan fingerprint density at radius 1 is 1.07 bits per heavy atom. The van der Waals surface area contributed by atoms with Gasteiger partial charge >= 0.3 is 11.9 Å². The van der Waals surface area contributed by atoms with Gasteiger partial charge in [-0.15, -0.1) is 0 Å². The Kier molecular flexibility index (Phi) is 6.26. The zero-order valence-electron chi connectivity index (χ0n) is 8.36. The van der Waals surface area contributed by atoms with E-state index in [4.69, 9.17) is 5.53 Å². The van der Waals surface area contributed by atoms with Crippen LogP contribution in [0.3, 0.4) is 0 Å². The Bertz CT molecular complexity index is 205. The summed E-state index contributed by atoms with van der Waals surface area (Å²) in [6.45, 7) is 3.57. The van der Waals surface area contributed by atoms with Crippen molar-refractivity contribution in [1.82, 2.24) is 0 Å². The zero-order valence-corrected chi connectivity index (χ0v) is 8.36. The molecule has 0 bridgehead atoms. The first-order chi connectivity index (χ1) is 6.60. The second-order valence-electron chi connectivity index (χ2n) is 2.66. The average molecular weight is 202 g/mol. The smallest absolute Gasteiger partial charge is 0.385 e. The number of hydrogen-bond acceptors (Lipinski definition) is 4. The van der Waals surface area contributed by atoms with Crippen LogP contribution in [0.2, 0.25) is 0 Å². The van der Waals surface area contributed by atoms with Gasteiger partial charge in [-0.1, -0.05) is 13.8 Å². The lowest BCUT2D eigenvalue weighted by Gasteiger charge is -1.99. The predicted molar refractivity (Wildman–Crippen MR) is 45.6 cm³/mol. The standard InChI is InChI=1S/C8H14N2O4/c1-3-5-7(11)13-10(9)14-8(12)6-4-2/h3-6H2,1-2H3. The van der Waals surface area contributed by atoms with Gasteiger partial charge in [0.25, 0.3) is 0 Å². The molecule has 0 aromatic heterocycles. The lowest BCUT2D eigenvalue weighted by molar-refractivity contribution is -0.945. The summed E-state index contributed by atoms with van der Waals surface area (Å²) in [4.78, 5) is 30.0. The van der Waals surface area contributed by atoms with Gasteiger partial charge in [0.15, 0.2) is 0 Å². The summed E-state index contributed by atoms with van der Waals surface area (Å²) < 4.78 is 0. The molecule has 0 aliphatic rings. The van der Waals surface area contributed by atoms with Gasteiger partial charge in [-0.3, -0.25) is 0 Å². The Labute approximate surface area is 82.2 Å². The van der Waals surface area contributed by atoms with E-state index in [1.165, 1.54) is 0 Å². The first-order valence-corrected chi connectivity index (χ1v) is 4.50. The molecule has 0 aliphatic heterocycles. The fraction of sp³-hybridized carbons (Fsp3) is 0.750. The van der Waals surface area contributed by atoms with E-state index in [9.17, 15) is 9.59 Å². The third kappa shape index (κ3) is 6.10. The molecule has 0 amide bonds. The van der Waals surface area contributed by atoms with Crippen LogP contribution in [0, 0.1) is 0 Å². The van der Waals surface area contributed by atoms with Crippen molar-refractivity contribution in [3.05, 3.63) is 5.53 Å². The summed E-state index contributed by atoms with van der Waals surface area (Å²) in [5.41, 5.74) is 8.79. The fourth-order valence-electron chi connectivity index (χ4n) is 0.692. The lowest BCUT2D eigenvalue weighted by atomic mass is 10.3. The molecule has 0 radical (unpaired) electrons. The Morgan fingerprint density at radius 3 is 1.71 bits per heavy atom. The van der Waals surface area contributed by atoms with Crippen LogP contribution in [0.15, 0.2) is 0 Å². The molecule has 0 fully saturated rings. The topological polar surface area (TPSA) is 77.9 Å². The van der Waals surface area contributed by atoms with E-state index in [0.717, 1.165) is 0 Å². The van der Waals surface area contributed by atoms with Crippen LogP contribution in [0.1, 0.15) is 39.5 Å². The monoisotopic (exact) mass is 202 g/mol. The van der Waals surface area contributed by atoms with Crippen LogP contribution in [-0.4, -0.2) is 17.0 Å². The molecular weight excluding hydrogens is 188 g/mol. The van der Waals surface area contributed by atoms with Crippen LogP contribution < -0.4 is 0 Å². The third-order valence-corrected chi connectivity index (χ3v) is 1.27. The maximum absolute atomic E-state index is 10.8. The van der Waals surface area contributed by atoms with Crippen LogP contribution >= 0.6 is 0 Å². The molecule has 0 spiro atoms. The van der Waals surface area contributed by atoms with Gasteiger partial charge in [0.05, 0.1) is 12.8 Å². The van der Waals surface area contributed by atoms with Gasteiger partial charge in [-0.2, -0.15) is 9.68 Å². The number of rotatable bonds is 6. The molecule has 80 valence electrons. The third-order valence-electron chi connectivity index (χ3n) is 1.27. The summed E-state index contributed by atoms with van der Waals surface area (Å²) in [6.07, 6.45) is 1.50.